The summed E-state index contributed by atoms with van der Waals surface area (Å²) in [7, 11) is 0. The molecule has 0 bridgehead atoms. The van der Waals surface area contributed by atoms with Gasteiger partial charge in [0.15, 0.2) is 0 Å². The fraction of sp³-hybridized carbons (Fsp3) is 0.200. The van der Waals surface area contributed by atoms with Crippen molar-refractivity contribution in [2.45, 2.75) is 19.8 Å². The van der Waals surface area contributed by atoms with Gasteiger partial charge in [0.1, 0.15) is 11.5 Å². The predicted molar refractivity (Wildman–Crippen MR) is 71.4 cm³/mol. The molecule has 0 fully saturated rings. The van der Waals surface area contributed by atoms with Gasteiger partial charge in [-0.25, -0.2) is 0 Å². The molecule has 2 heteroatoms. The number of hydrogen-bond donors (Lipinski definition) is 1. The largest absolute Gasteiger partial charge is 0.457 e. The van der Waals surface area contributed by atoms with E-state index in [2.05, 4.69) is 6.92 Å². The highest BCUT2D eigenvalue weighted by Crippen LogP contribution is 2.22. The van der Waals surface area contributed by atoms with E-state index < -0.39 is 0 Å². The Balaban J connectivity index is 2.14. The first-order valence-corrected chi connectivity index (χ1v) is 5.82. The molecule has 0 aliphatic rings. The summed E-state index contributed by atoms with van der Waals surface area (Å²) in [5.41, 5.74) is 7.38. The Bertz CT molecular complexity index is 523. The zero-order chi connectivity index (χ0) is 13.0. The van der Waals surface area contributed by atoms with Crippen molar-refractivity contribution in [1.29, 1.82) is 0 Å². The van der Waals surface area contributed by atoms with Gasteiger partial charge in [0, 0.05) is 5.69 Å². The van der Waals surface area contributed by atoms with Gasteiger partial charge in [-0.3, -0.25) is 0 Å². The van der Waals surface area contributed by atoms with E-state index in [1.165, 1.54) is 0 Å². The number of rotatable bonds is 4. The summed E-state index contributed by atoms with van der Waals surface area (Å²) in [4.78, 5) is 0. The second kappa shape index (κ2) is 5.39. The number of benzene rings is 2. The Labute approximate surface area is 103 Å². The Morgan fingerprint density at radius 2 is 1.71 bits per heavy atom. The number of hydrogen-bond acceptors (Lipinski definition) is 2. The molecule has 2 aromatic carbocycles. The molecule has 0 atom stereocenters. The van der Waals surface area contributed by atoms with Crippen LogP contribution in [0.4, 0.5) is 5.69 Å². The van der Waals surface area contributed by atoms with Gasteiger partial charge in [0.05, 0.1) is 1.37 Å². The van der Waals surface area contributed by atoms with Crippen LogP contribution in [-0.2, 0) is 6.42 Å². The van der Waals surface area contributed by atoms with E-state index in [-0.39, 0.29) is 0 Å². The van der Waals surface area contributed by atoms with Crippen LogP contribution in [0, 0.1) is 0 Å². The van der Waals surface area contributed by atoms with E-state index >= 15 is 0 Å². The summed E-state index contributed by atoms with van der Waals surface area (Å²) >= 11 is 0. The summed E-state index contributed by atoms with van der Waals surface area (Å²) in [6.07, 6.45) is 1.98. The van der Waals surface area contributed by atoms with E-state index in [1.807, 2.05) is 24.3 Å². The van der Waals surface area contributed by atoms with Crippen molar-refractivity contribution in [3.63, 3.8) is 0 Å². The van der Waals surface area contributed by atoms with Crippen LogP contribution in [-0.4, -0.2) is 0 Å². The lowest BCUT2D eigenvalue weighted by atomic mass is 10.1. The first-order chi connectivity index (χ1) is 8.69. The van der Waals surface area contributed by atoms with Gasteiger partial charge in [-0.05, 0) is 48.4 Å². The summed E-state index contributed by atoms with van der Waals surface area (Å²) in [5, 5.41) is 0. The minimum absolute atomic E-state index is 0.532. The van der Waals surface area contributed by atoms with E-state index in [9.17, 15) is 0 Å². The summed E-state index contributed by atoms with van der Waals surface area (Å²) < 4.78 is 13.6. The second-order valence-electron chi connectivity index (χ2n) is 3.97. The molecule has 0 radical (unpaired) electrons. The molecule has 2 N–H and O–H groups in total. The van der Waals surface area contributed by atoms with Crippen LogP contribution in [0.2, 0.25) is 0 Å². The third-order valence-corrected chi connectivity index (χ3v) is 2.48. The number of ether oxygens (including phenoxy) is 1. The standard InChI is InChI=1S/C15H17NO/c1-2-3-12-4-8-14(9-5-12)17-15-10-6-13(16)7-11-15/h4-11H,2-3,16H2,1H3/i4D. The van der Waals surface area contributed by atoms with Crippen molar-refractivity contribution in [2.24, 2.45) is 0 Å². The lowest BCUT2D eigenvalue weighted by molar-refractivity contribution is 0.482. The zero-order valence-electron chi connectivity index (χ0n) is 10.9. The molecule has 0 saturated carbocycles. The van der Waals surface area contributed by atoms with Crippen molar-refractivity contribution in [3.8, 4) is 11.5 Å². The molecule has 88 valence electrons. The smallest absolute Gasteiger partial charge is 0.127 e. The van der Waals surface area contributed by atoms with Crippen LogP contribution in [0.25, 0.3) is 0 Å². The summed E-state index contributed by atoms with van der Waals surface area (Å²) in [5.74, 6) is 1.41. The highest BCUT2D eigenvalue weighted by Gasteiger charge is 1.97. The molecule has 2 nitrogen and oxygen atoms in total. The Kier molecular flexibility index (Phi) is 3.24. The highest BCUT2D eigenvalue weighted by atomic mass is 16.5. The molecule has 0 aromatic heterocycles. The maximum Gasteiger partial charge on any atom is 0.127 e. The van der Waals surface area contributed by atoms with Gasteiger partial charge < -0.3 is 10.5 Å². The molecule has 0 spiro atoms. The molecular weight excluding hydrogens is 210 g/mol. The highest BCUT2D eigenvalue weighted by molar-refractivity contribution is 5.43. The molecule has 0 aliphatic heterocycles. The lowest BCUT2D eigenvalue weighted by Crippen LogP contribution is -1.87. The Hall–Kier alpha value is -1.96. The van der Waals surface area contributed by atoms with Gasteiger partial charge >= 0.3 is 0 Å². The zero-order valence-corrected chi connectivity index (χ0v) is 9.94. The SMILES string of the molecule is [2H]c1cc(Oc2ccc(N)cc2)ccc1CCC. The Morgan fingerprint density at radius 1 is 1.06 bits per heavy atom. The van der Waals surface area contributed by atoms with Gasteiger partial charge in [-0.1, -0.05) is 25.5 Å². The number of aryl methyl sites for hydroxylation is 1. The molecule has 17 heavy (non-hydrogen) atoms. The fourth-order valence-corrected chi connectivity index (χ4v) is 1.60. The monoisotopic (exact) mass is 228 g/mol. The van der Waals surface area contributed by atoms with Crippen molar-refractivity contribution in [2.75, 3.05) is 5.73 Å². The third-order valence-electron chi connectivity index (χ3n) is 2.48. The molecule has 0 aliphatic carbocycles. The molecule has 0 heterocycles. The Morgan fingerprint density at radius 3 is 2.35 bits per heavy atom. The van der Waals surface area contributed by atoms with Crippen molar-refractivity contribution >= 4 is 5.69 Å². The van der Waals surface area contributed by atoms with Crippen LogP contribution in [0.5, 0.6) is 11.5 Å². The van der Waals surface area contributed by atoms with E-state index in [4.69, 9.17) is 11.8 Å². The quantitative estimate of drug-likeness (QED) is 0.802. The molecule has 0 amide bonds. The third kappa shape index (κ3) is 3.25. The maximum atomic E-state index is 7.91. The van der Waals surface area contributed by atoms with Crippen LogP contribution >= 0.6 is 0 Å². The first-order valence-electron chi connectivity index (χ1n) is 6.32. The molecule has 0 saturated heterocycles. The van der Waals surface area contributed by atoms with Gasteiger partial charge in [-0.15, -0.1) is 0 Å². The van der Waals surface area contributed by atoms with Crippen LogP contribution in [0.3, 0.4) is 0 Å². The first kappa shape index (κ1) is 10.2. The normalized spacial score (nSPS) is 11.0. The van der Waals surface area contributed by atoms with Gasteiger partial charge in [0.2, 0.25) is 0 Å². The summed E-state index contributed by atoms with van der Waals surface area (Å²) in [6, 6.07) is 13.4. The van der Waals surface area contributed by atoms with Crippen molar-refractivity contribution < 1.29 is 6.11 Å². The van der Waals surface area contributed by atoms with E-state index in [0.717, 1.165) is 24.2 Å². The minimum atomic E-state index is 0.532. The molecule has 2 rings (SSSR count). The molecular formula is C15H17NO. The average Bonchev–Trinajstić information content (AvgIpc) is 2.36. The minimum Gasteiger partial charge on any atom is -0.457 e. The predicted octanol–water partition coefficient (Wildman–Crippen LogP) is 4.01. The van der Waals surface area contributed by atoms with Crippen LogP contribution < -0.4 is 10.5 Å². The number of nitrogen functional groups attached to an aromatic ring is 1. The lowest BCUT2D eigenvalue weighted by Gasteiger charge is -2.06. The van der Waals surface area contributed by atoms with Gasteiger partial charge in [-0.2, -0.15) is 0 Å². The maximum absolute atomic E-state index is 7.91. The van der Waals surface area contributed by atoms with Crippen molar-refractivity contribution in [3.05, 3.63) is 54.1 Å². The number of anilines is 1. The van der Waals surface area contributed by atoms with E-state index in [1.54, 1.807) is 18.2 Å². The number of nitrogens with two attached hydrogens (primary N) is 1. The topological polar surface area (TPSA) is 35.2 Å². The van der Waals surface area contributed by atoms with Crippen molar-refractivity contribution in [1.82, 2.24) is 0 Å². The van der Waals surface area contributed by atoms with Crippen LogP contribution in [0.15, 0.2) is 48.5 Å². The molecule has 2 aromatic rings. The fourth-order valence-electron chi connectivity index (χ4n) is 1.60. The average molecular weight is 228 g/mol. The van der Waals surface area contributed by atoms with Crippen LogP contribution in [0.1, 0.15) is 20.3 Å². The summed E-state index contributed by atoms with van der Waals surface area (Å²) in [6.45, 7) is 2.11. The van der Waals surface area contributed by atoms with Gasteiger partial charge in [0.25, 0.3) is 0 Å². The molecule has 0 unspecified atom stereocenters. The second-order valence-corrected chi connectivity index (χ2v) is 3.97. The van der Waals surface area contributed by atoms with E-state index in [0.29, 0.717) is 17.5 Å².